The molecule has 0 unspecified atom stereocenters. The van der Waals surface area contributed by atoms with Crippen molar-refractivity contribution in [3.63, 3.8) is 0 Å². The molecule has 92 valence electrons. The topological polar surface area (TPSA) is 68.8 Å². The number of hydrogen-bond donors (Lipinski definition) is 1. The van der Waals surface area contributed by atoms with Gasteiger partial charge in [0.1, 0.15) is 17.0 Å². The maximum atomic E-state index is 5.01. The number of nitrogens with zero attached hydrogens (tertiary/aromatic N) is 4. The van der Waals surface area contributed by atoms with Gasteiger partial charge in [-0.3, -0.25) is 0 Å². The molecular formula is C12H13N5O. The molecule has 0 atom stereocenters. The minimum absolute atomic E-state index is 0.569. The van der Waals surface area contributed by atoms with E-state index in [0.717, 1.165) is 28.3 Å². The lowest BCUT2D eigenvalue weighted by molar-refractivity contribution is 0.391. The summed E-state index contributed by atoms with van der Waals surface area (Å²) < 4.78 is 6.98. The van der Waals surface area contributed by atoms with E-state index >= 15 is 0 Å². The molecule has 3 aromatic rings. The number of imidazole rings is 1. The number of nitrogens with one attached hydrogen (secondary N) is 1. The Labute approximate surface area is 104 Å². The fourth-order valence-electron chi connectivity index (χ4n) is 1.87. The maximum absolute atomic E-state index is 5.01. The van der Waals surface area contributed by atoms with Crippen LogP contribution >= 0.6 is 0 Å². The molecule has 3 rings (SSSR count). The highest BCUT2D eigenvalue weighted by Crippen LogP contribution is 2.19. The van der Waals surface area contributed by atoms with Gasteiger partial charge in [-0.25, -0.2) is 9.97 Å². The van der Waals surface area contributed by atoms with Gasteiger partial charge < -0.3 is 14.4 Å². The van der Waals surface area contributed by atoms with E-state index in [1.165, 1.54) is 0 Å². The molecule has 0 saturated heterocycles. The van der Waals surface area contributed by atoms with Crippen LogP contribution in [0.4, 0.5) is 5.82 Å². The van der Waals surface area contributed by atoms with Gasteiger partial charge in [-0.05, 0) is 13.0 Å². The highest BCUT2D eigenvalue weighted by atomic mass is 16.5. The van der Waals surface area contributed by atoms with Crippen LogP contribution in [0, 0.1) is 6.92 Å². The van der Waals surface area contributed by atoms with Crippen molar-refractivity contribution in [2.45, 2.75) is 13.5 Å². The molecule has 0 aliphatic heterocycles. The van der Waals surface area contributed by atoms with Gasteiger partial charge in [0.25, 0.3) is 0 Å². The van der Waals surface area contributed by atoms with E-state index in [0.29, 0.717) is 6.54 Å². The Morgan fingerprint density at radius 3 is 3.06 bits per heavy atom. The summed E-state index contributed by atoms with van der Waals surface area (Å²) in [4.78, 5) is 8.63. The van der Waals surface area contributed by atoms with Crippen LogP contribution in [-0.2, 0) is 13.6 Å². The second-order valence-corrected chi connectivity index (χ2v) is 4.17. The van der Waals surface area contributed by atoms with Crippen LogP contribution in [0.2, 0.25) is 0 Å². The Balaban J connectivity index is 1.86. The predicted molar refractivity (Wildman–Crippen MR) is 67.1 cm³/mol. The number of anilines is 1. The number of pyridine rings is 1. The minimum atomic E-state index is 0.569. The summed E-state index contributed by atoms with van der Waals surface area (Å²) in [6.45, 7) is 2.44. The van der Waals surface area contributed by atoms with E-state index in [4.69, 9.17) is 4.52 Å². The molecule has 0 radical (unpaired) electrons. The zero-order chi connectivity index (χ0) is 12.5. The van der Waals surface area contributed by atoms with Gasteiger partial charge in [0.2, 0.25) is 0 Å². The zero-order valence-corrected chi connectivity index (χ0v) is 10.2. The molecule has 0 aromatic carbocycles. The number of aromatic nitrogens is 4. The summed E-state index contributed by atoms with van der Waals surface area (Å²) in [6, 6.07) is 3.83. The van der Waals surface area contributed by atoms with Crippen molar-refractivity contribution >= 4 is 16.9 Å². The highest BCUT2D eigenvalue weighted by molar-refractivity contribution is 5.85. The largest absolute Gasteiger partial charge is 0.362 e. The number of fused-ring (bicyclic) bond motifs is 1. The van der Waals surface area contributed by atoms with Crippen molar-refractivity contribution < 1.29 is 4.52 Å². The predicted octanol–water partition coefficient (Wildman–Crippen LogP) is 1.88. The van der Waals surface area contributed by atoms with E-state index in [9.17, 15) is 0 Å². The Bertz CT molecular complexity index is 685. The molecule has 6 heteroatoms. The average Bonchev–Trinajstić information content (AvgIpc) is 2.94. The Hall–Kier alpha value is -2.37. The number of hydrogen-bond acceptors (Lipinski definition) is 5. The molecule has 0 fully saturated rings. The lowest BCUT2D eigenvalue weighted by Crippen LogP contribution is -2.02. The van der Waals surface area contributed by atoms with Crippen molar-refractivity contribution in [2.75, 3.05) is 5.32 Å². The van der Waals surface area contributed by atoms with E-state index < -0.39 is 0 Å². The lowest BCUT2D eigenvalue weighted by Gasteiger charge is -2.03. The van der Waals surface area contributed by atoms with Gasteiger partial charge in [0, 0.05) is 19.3 Å². The average molecular weight is 243 g/mol. The second-order valence-electron chi connectivity index (χ2n) is 4.17. The van der Waals surface area contributed by atoms with Gasteiger partial charge in [-0.1, -0.05) is 5.16 Å². The third-order valence-corrected chi connectivity index (χ3v) is 2.76. The Morgan fingerprint density at radius 2 is 2.28 bits per heavy atom. The first kappa shape index (κ1) is 10.8. The molecule has 0 aliphatic rings. The minimum Gasteiger partial charge on any atom is -0.362 e. The van der Waals surface area contributed by atoms with Crippen LogP contribution in [0.1, 0.15) is 11.5 Å². The summed E-state index contributed by atoms with van der Waals surface area (Å²) in [5, 5.41) is 7.15. The first-order valence-electron chi connectivity index (χ1n) is 5.66. The molecule has 3 aromatic heterocycles. The fraction of sp³-hybridized carbons (Fsp3) is 0.250. The molecule has 0 spiro atoms. The van der Waals surface area contributed by atoms with Crippen molar-refractivity contribution in [3.8, 4) is 0 Å². The van der Waals surface area contributed by atoms with Crippen molar-refractivity contribution in [3.05, 3.63) is 36.1 Å². The fourth-order valence-corrected chi connectivity index (χ4v) is 1.87. The monoisotopic (exact) mass is 243 g/mol. The van der Waals surface area contributed by atoms with E-state index in [2.05, 4.69) is 20.4 Å². The van der Waals surface area contributed by atoms with Gasteiger partial charge in [0.15, 0.2) is 5.82 Å². The van der Waals surface area contributed by atoms with Crippen LogP contribution in [0.3, 0.4) is 0 Å². The van der Waals surface area contributed by atoms with E-state index in [-0.39, 0.29) is 0 Å². The molecule has 3 heterocycles. The molecule has 6 nitrogen and oxygen atoms in total. The summed E-state index contributed by atoms with van der Waals surface area (Å²) in [5.41, 5.74) is 2.76. The summed E-state index contributed by atoms with van der Waals surface area (Å²) in [5.74, 6) is 1.56. The van der Waals surface area contributed by atoms with Gasteiger partial charge in [-0.15, -0.1) is 0 Å². The summed E-state index contributed by atoms with van der Waals surface area (Å²) in [6.07, 6.45) is 3.54. The van der Waals surface area contributed by atoms with Crippen LogP contribution in [-0.4, -0.2) is 19.7 Å². The van der Waals surface area contributed by atoms with Crippen molar-refractivity contribution in [1.29, 1.82) is 0 Å². The number of aryl methyl sites for hydroxylation is 2. The van der Waals surface area contributed by atoms with E-state index in [1.54, 1.807) is 12.5 Å². The maximum Gasteiger partial charge on any atom is 0.154 e. The van der Waals surface area contributed by atoms with Gasteiger partial charge >= 0.3 is 0 Å². The Morgan fingerprint density at radius 1 is 1.39 bits per heavy atom. The van der Waals surface area contributed by atoms with E-state index in [1.807, 2.05) is 30.7 Å². The summed E-state index contributed by atoms with van der Waals surface area (Å²) >= 11 is 0. The van der Waals surface area contributed by atoms with Gasteiger partial charge in [0.05, 0.1) is 18.4 Å². The first-order valence-corrected chi connectivity index (χ1v) is 5.66. The molecule has 0 bridgehead atoms. The lowest BCUT2D eigenvalue weighted by atomic mass is 10.3. The normalized spacial score (nSPS) is 11.0. The third-order valence-electron chi connectivity index (χ3n) is 2.76. The van der Waals surface area contributed by atoms with Crippen LogP contribution in [0.15, 0.2) is 29.2 Å². The molecular weight excluding hydrogens is 230 g/mol. The SMILES string of the molecule is Cc1cc(CNc2nccc3c2ncn3C)no1. The summed E-state index contributed by atoms with van der Waals surface area (Å²) in [7, 11) is 1.96. The molecule has 0 aliphatic carbocycles. The molecule has 1 N–H and O–H groups in total. The quantitative estimate of drug-likeness (QED) is 0.760. The number of rotatable bonds is 3. The second kappa shape index (κ2) is 4.14. The van der Waals surface area contributed by atoms with Crippen molar-refractivity contribution in [2.24, 2.45) is 7.05 Å². The van der Waals surface area contributed by atoms with Gasteiger partial charge in [-0.2, -0.15) is 0 Å². The zero-order valence-electron chi connectivity index (χ0n) is 10.2. The Kier molecular flexibility index (Phi) is 2.47. The standard InChI is InChI=1S/C12H13N5O/c1-8-5-9(16-18-8)6-14-12-11-10(3-4-13-12)17(2)7-15-11/h3-5,7H,6H2,1-2H3,(H,13,14). The molecule has 0 saturated carbocycles. The molecule has 0 amide bonds. The van der Waals surface area contributed by atoms with Crippen molar-refractivity contribution in [1.82, 2.24) is 19.7 Å². The third kappa shape index (κ3) is 1.81. The smallest absolute Gasteiger partial charge is 0.154 e. The van der Waals surface area contributed by atoms with Crippen LogP contribution < -0.4 is 5.32 Å². The first-order chi connectivity index (χ1) is 8.74. The van der Waals surface area contributed by atoms with Crippen LogP contribution in [0.5, 0.6) is 0 Å². The van der Waals surface area contributed by atoms with Crippen LogP contribution in [0.25, 0.3) is 11.0 Å². The molecule has 18 heavy (non-hydrogen) atoms. The highest BCUT2D eigenvalue weighted by Gasteiger charge is 2.07.